The fourth-order valence-corrected chi connectivity index (χ4v) is 3.50. The van der Waals surface area contributed by atoms with Gasteiger partial charge in [0, 0.05) is 37.9 Å². The summed E-state index contributed by atoms with van der Waals surface area (Å²) in [5.41, 5.74) is 0.640. The van der Waals surface area contributed by atoms with E-state index in [0.717, 1.165) is 37.6 Å². The molecule has 1 N–H and O–H groups in total. The Hall–Kier alpha value is -2.34. The summed E-state index contributed by atoms with van der Waals surface area (Å²) in [6, 6.07) is 8.39. The maximum absolute atomic E-state index is 12.8. The second-order valence-corrected chi connectivity index (χ2v) is 7.01. The van der Waals surface area contributed by atoms with Gasteiger partial charge in [-0.25, -0.2) is 4.98 Å². The number of amides is 1. The predicted molar refractivity (Wildman–Crippen MR) is 102 cm³/mol. The smallest absolute Gasteiger partial charge is 0.255 e. The van der Waals surface area contributed by atoms with Gasteiger partial charge in [-0.3, -0.25) is 9.69 Å². The van der Waals surface area contributed by atoms with E-state index in [4.69, 9.17) is 4.42 Å². The minimum absolute atomic E-state index is 0.0666. The van der Waals surface area contributed by atoms with Gasteiger partial charge < -0.3 is 14.6 Å². The molecule has 0 aliphatic carbocycles. The van der Waals surface area contributed by atoms with Crippen LogP contribution in [0.15, 0.2) is 41.1 Å². The van der Waals surface area contributed by atoms with Crippen LogP contribution in [0.3, 0.4) is 0 Å². The molecule has 0 radical (unpaired) electrons. The summed E-state index contributed by atoms with van der Waals surface area (Å²) in [7, 11) is 0. The molecular formula is C20H28N4O2. The van der Waals surface area contributed by atoms with Crippen molar-refractivity contribution in [2.75, 3.05) is 25.0 Å². The summed E-state index contributed by atoms with van der Waals surface area (Å²) in [6.45, 7) is 9.69. The van der Waals surface area contributed by atoms with Gasteiger partial charge >= 0.3 is 0 Å². The number of carbonyl (C=O) groups is 1. The fraction of sp³-hybridized carbons (Fsp3) is 0.500. The van der Waals surface area contributed by atoms with E-state index in [2.05, 4.69) is 36.0 Å². The number of piperazine rings is 1. The third kappa shape index (κ3) is 4.25. The van der Waals surface area contributed by atoms with Gasteiger partial charge in [0.2, 0.25) is 0 Å². The van der Waals surface area contributed by atoms with Crippen LogP contribution in [0.4, 0.5) is 5.82 Å². The monoisotopic (exact) mass is 356 g/mol. The molecule has 6 heteroatoms. The summed E-state index contributed by atoms with van der Waals surface area (Å²) < 4.78 is 5.29. The Balaban J connectivity index is 1.59. The van der Waals surface area contributed by atoms with Crippen LogP contribution in [0.1, 0.15) is 43.3 Å². The number of rotatable bonds is 6. The third-order valence-corrected chi connectivity index (χ3v) is 4.98. The molecule has 2 aromatic heterocycles. The van der Waals surface area contributed by atoms with Gasteiger partial charge in [0.15, 0.2) is 0 Å². The van der Waals surface area contributed by atoms with Gasteiger partial charge in [0.05, 0.1) is 18.4 Å². The molecule has 1 aliphatic heterocycles. The summed E-state index contributed by atoms with van der Waals surface area (Å²) in [4.78, 5) is 21.6. The summed E-state index contributed by atoms with van der Waals surface area (Å²) >= 11 is 0. The van der Waals surface area contributed by atoms with E-state index in [-0.39, 0.29) is 5.91 Å². The van der Waals surface area contributed by atoms with E-state index in [1.807, 2.05) is 29.2 Å². The molecule has 1 atom stereocenters. The standard InChI is InChI=1S/C20H28N4O2/c1-4-17-14-23(9-10-24(17)15(2)3)20(25)16-7-8-19(21-12-16)22-13-18-6-5-11-26-18/h5-8,11-12,15,17H,4,9-10,13-14H2,1-3H3,(H,21,22)/t17-/m1/s1. The van der Waals surface area contributed by atoms with Crippen molar-refractivity contribution in [2.45, 2.75) is 45.8 Å². The van der Waals surface area contributed by atoms with E-state index in [9.17, 15) is 4.79 Å². The van der Waals surface area contributed by atoms with Crippen LogP contribution in [-0.4, -0.2) is 52.4 Å². The number of anilines is 1. The van der Waals surface area contributed by atoms with E-state index in [0.29, 0.717) is 24.2 Å². The highest BCUT2D eigenvalue weighted by Gasteiger charge is 2.30. The number of hydrogen-bond acceptors (Lipinski definition) is 5. The van der Waals surface area contributed by atoms with Crippen LogP contribution in [0.2, 0.25) is 0 Å². The molecule has 3 heterocycles. The maximum atomic E-state index is 12.8. The first-order chi connectivity index (χ1) is 12.6. The zero-order valence-electron chi connectivity index (χ0n) is 15.8. The Bertz CT molecular complexity index is 697. The molecule has 1 fully saturated rings. The highest BCUT2D eigenvalue weighted by Crippen LogP contribution is 2.18. The largest absolute Gasteiger partial charge is 0.467 e. The molecule has 3 rings (SSSR count). The lowest BCUT2D eigenvalue weighted by Crippen LogP contribution is -2.56. The maximum Gasteiger partial charge on any atom is 0.255 e. The van der Waals surface area contributed by atoms with Crippen molar-refractivity contribution in [3.8, 4) is 0 Å². The van der Waals surface area contributed by atoms with Crippen LogP contribution < -0.4 is 5.32 Å². The first kappa shape index (κ1) is 18.5. The predicted octanol–water partition coefficient (Wildman–Crippen LogP) is 3.23. The molecule has 0 aromatic carbocycles. The van der Waals surface area contributed by atoms with Crippen LogP contribution >= 0.6 is 0 Å². The molecule has 1 saturated heterocycles. The lowest BCUT2D eigenvalue weighted by molar-refractivity contribution is 0.0371. The number of pyridine rings is 1. The molecule has 2 aromatic rings. The summed E-state index contributed by atoms with van der Waals surface area (Å²) in [6.07, 6.45) is 4.35. The van der Waals surface area contributed by atoms with Gasteiger partial charge in [0.1, 0.15) is 11.6 Å². The SMILES string of the molecule is CC[C@@H]1CN(C(=O)c2ccc(NCc3ccco3)nc2)CCN1C(C)C. The normalized spacial score (nSPS) is 18.3. The van der Waals surface area contributed by atoms with Crippen LogP contribution in [0.5, 0.6) is 0 Å². The van der Waals surface area contributed by atoms with Crippen molar-refractivity contribution in [1.29, 1.82) is 0 Å². The molecular weight excluding hydrogens is 328 g/mol. The number of aromatic nitrogens is 1. The van der Waals surface area contributed by atoms with Crippen LogP contribution in [0.25, 0.3) is 0 Å². The minimum Gasteiger partial charge on any atom is -0.467 e. The molecule has 26 heavy (non-hydrogen) atoms. The average Bonchev–Trinajstić information content (AvgIpc) is 3.19. The number of nitrogens with one attached hydrogen (secondary N) is 1. The van der Waals surface area contributed by atoms with Gasteiger partial charge in [-0.05, 0) is 44.5 Å². The van der Waals surface area contributed by atoms with Gasteiger partial charge in [-0.15, -0.1) is 0 Å². The number of hydrogen-bond donors (Lipinski definition) is 1. The minimum atomic E-state index is 0.0666. The highest BCUT2D eigenvalue weighted by atomic mass is 16.3. The van der Waals surface area contributed by atoms with Gasteiger partial charge in [-0.2, -0.15) is 0 Å². The van der Waals surface area contributed by atoms with E-state index >= 15 is 0 Å². The van der Waals surface area contributed by atoms with Crippen molar-refractivity contribution >= 4 is 11.7 Å². The molecule has 0 saturated carbocycles. The zero-order valence-corrected chi connectivity index (χ0v) is 15.8. The Labute approximate surface area is 155 Å². The number of nitrogens with zero attached hydrogens (tertiary/aromatic N) is 3. The van der Waals surface area contributed by atoms with Crippen molar-refractivity contribution in [1.82, 2.24) is 14.8 Å². The van der Waals surface area contributed by atoms with Crippen LogP contribution in [0, 0.1) is 0 Å². The van der Waals surface area contributed by atoms with Crippen molar-refractivity contribution < 1.29 is 9.21 Å². The van der Waals surface area contributed by atoms with Crippen LogP contribution in [-0.2, 0) is 6.54 Å². The summed E-state index contributed by atoms with van der Waals surface area (Å²) in [5.74, 6) is 1.64. The first-order valence-corrected chi connectivity index (χ1v) is 9.35. The lowest BCUT2D eigenvalue weighted by atomic mass is 10.1. The van der Waals surface area contributed by atoms with Crippen molar-refractivity contribution in [3.05, 3.63) is 48.0 Å². The average molecular weight is 356 g/mol. The van der Waals surface area contributed by atoms with Gasteiger partial charge in [-0.1, -0.05) is 6.92 Å². The fourth-order valence-electron chi connectivity index (χ4n) is 3.50. The Morgan fingerprint density at radius 3 is 2.81 bits per heavy atom. The Morgan fingerprint density at radius 1 is 1.35 bits per heavy atom. The Kier molecular flexibility index (Phi) is 5.93. The molecule has 0 unspecified atom stereocenters. The molecule has 0 bridgehead atoms. The third-order valence-electron chi connectivity index (χ3n) is 4.98. The second kappa shape index (κ2) is 8.36. The topological polar surface area (TPSA) is 61.6 Å². The first-order valence-electron chi connectivity index (χ1n) is 9.35. The van der Waals surface area contributed by atoms with Crippen molar-refractivity contribution in [3.63, 3.8) is 0 Å². The zero-order chi connectivity index (χ0) is 18.5. The summed E-state index contributed by atoms with van der Waals surface area (Å²) in [5, 5.41) is 3.19. The molecule has 1 aliphatic rings. The molecule has 0 spiro atoms. The molecule has 1 amide bonds. The van der Waals surface area contributed by atoms with Gasteiger partial charge in [0.25, 0.3) is 5.91 Å². The van der Waals surface area contributed by atoms with Crippen molar-refractivity contribution in [2.24, 2.45) is 0 Å². The second-order valence-electron chi connectivity index (χ2n) is 7.01. The number of furan rings is 1. The number of carbonyl (C=O) groups excluding carboxylic acids is 1. The quantitative estimate of drug-likeness (QED) is 0.861. The van der Waals surface area contributed by atoms with E-state index in [1.54, 1.807) is 12.5 Å². The molecule has 140 valence electrons. The van der Waals surface area contributed by atoms with E-state index in [1.165, 1.54) is 0 Å². The lowest BCUT2D eigenvalue weighted by Gasteiger charge is -2.43. The van der Waals surface area contributed by atoms with E-state index < -0.39 is 0 Å². The Morgan fingerprint density at radius 2 is 2.19 bits per heavy atom. The highest BCUT2D eigenvalue weighted by molar-refractivity contribution is 5.94. The molecule has 6 nitrogen and oxygen atoms in total.